The molecule has 5 nitrogen and oxygen atoms in total. The van der Waals surface area contributed by atoms with E-state index in [2.05, 4.69) is 0 Å². The maximum absolute atomic E-state index is 12.8. The second kappa shape index (κ2) is 5.36. The Labute approximate surface area is 144 Å². The zero-order chi connectivity index (χ0) is 17.8. The molecule has 0 radical (unpaired) electrons. The van der Waals surface area contributed by atoms with Crippen LogP contribution in [0.25, 0.3) is 22.1 Å². The van der Waals surface area contributed by atoms with Gasteiger partial charge in [0.15, 0.2) is 5.43 Å². The van der Waals surface area contributed by atoms with Gasteiger partial charge in [0.1, 0.15) is 28.9 Å². The highest BCUT2D eigenvalue weighted by Crippen LogP contribution is 2.35. The third-order valence-corrected chi connectivity index (χ3v) is 4.72. The van der Waals surface area contributed by atoms with Crippen LogP contribution in [-0.2, 0) is 6.42 Å². The molecule has 25 heavy (non-hydrogen) atoms. The number of aliphatic hydroxyl groups excluding tert-OH is 1. The van der Waals surface area contributed by atoms with Crippen molar-refractivity contribution in [3.63, 3.8) is 0 Å². The van der Waals surface area contributed by atoms with E-state index in [1.54, 1.807) is 6.07 Å². The summed E-state index contributed by atoms with van der Waals surface area (Å²) in [4.78, 5) is 12.8. The van der Waals surface area contributed by atoms with E-state index in [4.69, 9.17) is 9.15 Å². The molecule has 1 atom stereocenters. The highest BCUT2D eigenvalue weighted by molar-refractivity contribution is 5.82. The first-order valence-corrected chi connectivity index (χ1v) is 8.10. The predicted molar refractivity (Wildman–Crippen MR) is 94.0 cm³/mol. The van der Waals surface area contributed by atoms with Gasteiger partial charge in [0.25, 0.3) is 0 Å². The van der Waals surface area contributed by atoms with Crippen molar-refractivity contribution in [2.24, 2.45) is 0 Å². The Morgan fingerprint density at radius 1 is 1.16 bits per heavy atom. The number of rotatable bonds is 1. The van der Waals surface area contributed by atoms with Gasteiger partial charge in [0.05, 0.1) is 17.1 Å². The molecule has 3 aromatic rings. The molecule has 1 aliphatic heterocycles. The number of hydrogen-bond acceptors (Lipinski definition) is 5. The molecule has 2 aromatic carbocycles. The monoisotopic (exact) mass is 338 g/mol. The smallest absolute Gasteiger partial charge is 0.200 e. The highest BCUT2D eigenvalue weighted by Gasteiger charge is 2.35. The molecule has 2 N–H and O–H groups in total. The van der Waals surface area contributed by atoms with Crippen LogP contribution in [0.15, 0.2) is 51.9 Å². The van der Waals surface area contributed by atoms with Crippen molar-refractivity contribution in [2.45, 2.75) is 32.0 Å². The fraction of sp³-hybridized carbons (Fsp3) is 0.250. The van der Waals surface area contributed by atoms with Crippen molar-refractivity contribution >= 4 is 11.0 Å². The molecule has 0 aliphatic carbocycles. The van der Waals surface area contributed by atoms with Crippen molar-refractivity contribution in [3.8, 4) is 22.6 Å². The number of fused-ring (bicyclic) bond motifs is 2. The van der Waals surface area contributed by atoms with E-state index in [9.17, 15) is 15.0 Å². The lowest BCUT2D eigenvalue weighted by molar-refractivity contribution is -0.0411. The van der Waals surface area contributed by atoms with Crippen molar-refractivity contribution in [3.05, 3.63) is 58.4 Å². The Balaban J connectivity index is 1.83. The van der Waals surface area contributed by atoms with Gasteiger partial charge in [-0.2, -0.15) is 0 Å². The van der Waals surface area contributed by atoms with E-state index in [1.165, 1.54) is 18.4 Å². The van der Waals surface area contributed by atoms with E-state index in [0.29, 0.717) is 34.3 Å². The largest absolute Gasteiger partial charge is 0.508 e. The number of ether oxygens (including phenoxy) is 1. The lowest BCUT2D eigenvalue weighted by atomic mass is 9.89. The molecule has 1 aromatic heterocycles. The minimum atomic E-state index is -0.640. The fourth-order valence-corrected chi connectivity index (χ4v) is 3.13. The van der Waals surface area contributed by atoms with Crippen LogP contribution in [0.1, 0.15) is 19.4 Å². The van der Waals surface area contributed by atoms with Gasteiger partial charge in [0, 0.05) is 12.5 Å². The zero-order valence-corrected chi connectivity index (χ0v) is 13.9. The van der Waals surface area contributed by atoms with Crippen LogP contribution in [0.3, 0.4) is 0 Å². The predicted octanol–water partition coefficient (Wildman–Crippen LogP) is 3.24. The van der Waals surface area contributed by atoms with Gasteiger partial charge in [-0.25, -0.2) is 0 Å². The standard InChI is InChI=1S/C20H18O5/c1-20(2)18(22)8-12-7-11(3-6-16(12)25-20)15-10-24-17-9-13(21)4-5-14(17)19(15)23/h3-7,9-10,18,21-22H,8H2,1-2H3/t18-/m0/s1. The van der Waals surface area contributed by atoms with Crippen LogP contribution in [0.2, 0.25) is 0 Å². The topological polar surface area (TPSA) is 79.9 Å². The molecular weight excluding hydrogens is 320 g/mol. The van der Waals surface area contributed by atoms with Gasteiger partial charge in [-0.05, 0) is 49.2 Å². The average Bonchev–Trinajstić information content (AvgIpc) is 2.55. The van der Waals surface area contributed by atoms with Crippen LogP contribution < -0.4 is 10.2 Å². The maximum Gasteiger partial charge on any atom is 0.200 e. The lowest BCUT2D eigenvalue weighted by Gasteiger charge is -2.37. The molecule has 4 rings (SSSR count). The molecule has 0 spiro atoms. The van der Waals surface area contributed by atoms with Crippen LogP contribution in [-0.4, -0.2) is 21.9 Å². The number of phenols is 1. The van der Waals surface area contributed by atoms with Crippen molar-refractivity contribution in [1.29, 1.82) is 0 Å². The molecule has 0 unspecified atom stereocenters. The Kier molecular flexibility index (Phi) is 3.37. The van der Waals surface area contributed by atoms with Crippen LogP contribution in [0.4, 0.5) is 0 Å². The molecule has 128 valence electrons. The Morgan fingerprint density at radius 2 is 1.96 bits per heavy atom. The number of aliphatic hydroxyl groups is 1. The van der Waals surface area contributed by atoms with Gasteiger partial charge < -0.3 is 19.4 Å². The number of benzene rings is 2. The minimum absolute atomic E-state index is 0.0472. The quantitative estimate of drug-likeness (QED) is 0.712. The van der Waals surface area contributed by atoms with E-state index >= 15 is 0 Å². The average molecular weight is 338 g/mol. The van der Waals surface area contributed by atoms with Crippen LogP contribution in [0.5, 0.6) is 11.5 Å². The Bertz CT molecular complexity index is 1030. The first-order chi connectivity index (χ1) is 11.8. The Morgan fingerprint density at radius 3 is 2.76 bits per heavy atom. The second-order valence-electron chi connectivity index (χ2n) is 6.91. The summed E-state index contributed by atoms with van der Waals surface area (Å²) < 4.78 is 11.4. The van der Waals surface area contributed by atoms with Gasteiger partial charge in [0.2, 0.25) is 0 Å². The molecule has 0 saturated heterocycles. The van der Waals surface area contributed by atoms with Crippen LogP contribution >= 0.6 is 0 Å². The normalized spacial score (nSPS) is 18.6. The molecular formula is C20H18O5. The molecule has 0 fully saturated rings. The first-order valence-electron chi connectivity index (χ1n) is 8.10. The third kappa shape index (κ3) is 2.57. The lowest BCUT2D eigenvalue weighted by Crippen LogP contribution is -2.46. The SMILES string of the molecule is CC1(C)Oc2ccc(-c3coc4cc(O)ccc4c3=O)cc2C[C@@H]1O. The summed E-state index contributed by atoms with van der Waals surface area (Å²) in [7, 11) is 0. The molecule has 5 heteroatoms. The molecule has 0 amide bonds. The number of hydrogen-bond donors (Lipinski definition) is 2. The van der Waals surface area contributed by atoms with Crippen molar-refractivity contribution in [1.82, 2.24) is 0 Å². The Hall–Kier alpha value is -2.79. The van der Waals surface area contributed by atoms with Crippen molar-refractivity contribution in [2.75, 3.05) is 0 Å². The summed E-state index contributed by atoms with van der Waals surface area (Å²) in [5, 5.41) is 20.2. The molecule has 0 bridgehead atoms. The summed E-state index contributed by atoms with van der Waals surface area (Å²) in [5.74, 6) is 0.764. The van der Waals surface area contributed by atoms with Gasteiger partial charge in [-0.15, -0.1) is 0 Å². The maximum atomic E-state index is 12.8. The minimum Gasteiger partial charge on any atom is -0.508 e. The summed E-state index contributed by atoms with van der Waals surface area (Å²) in [6.45, 7) is 3.70. The summed E-state index contributed by atoms with van der Waals surface area (Å²) in [5.41, 5.74) is 1.53. The summed E-state index contributed by atoms with van der Waals surface area (Å²) in [6, 6.07) is 9.91. The zero-order valence-electron chi connectivity index (χ0n) is 13.9. The summed E-state index contributed by atoms with van der Waals surface area (Å²) in [6.07, 6.45) is 1.24. The van der Waals surface area contributed by atoms with Crippen molar-refractivity contribution < 1.29 is 19.4 Å². The van der Waals surface area contributed by atoms with Gasteiger partial charge in [-0.1, -0.05) is 6.07 Å². The van der Waals surface area contributed by atoms with Gasteiger partial charge >= 0.3 is 0 Å². The fourth-order valence-electron chi connectivity index (χ4n) is 3.13. The first kappa shape index (κ1) is 15.7. The van der Waals surface area contributed by atoms with Gasteiger partial charge in [-0.3, -0.25) is 4.79 Å². The van der Waals surface area contributed by atoms with Crippen LogP contribution in [0, 0.1) is 0 Å². The number of aromatic hydroxyl groups is 1. The number of phenolic OH excluding ortho intramolecular Hbond substituents is 1. The third-order valence-electron chi connectivity index (χ3n) is 4.72. The van der Waals surface area contributed by atoms with E-state index in [-0.39, 0.29) is 11.2 Å². The summed E-state index contributed by atoms with van der Waals surface area (Å²) >= 11 is 0. The molecule has 1 aliphatic rings. The van der Waals surface area contributed by atoms with E-state index in [1.807, 2.05) is 32.0 Å². The highest BCUT2D eigenvalue weighted by atomic mass is 16.5. The molecule has 2 heterocycles. The van der Waals surface area contributed by atoms with E-state index in [0.717, 1.165) is 5.56 Å². The second-order valence-corrected chi connectivity index (χ2v) is 6.91. The molecule has 0 saturated carbocycles. The van der Waals surface area contributed by atoms with E-state index < -0.39 is 11.7 Å².